The highest BCUT2D eigenvalue weighted by Crippen LogP contribution is 2.25. The Hall–Kier alpha value is -1.14. The molecule has 0 aromatic heterocycles. The normalized spacial score (nSPS) is 13.3. The van der Waals surface area contributed by atoms with E-state index in [-0.39, 0.29) is 17.3 Å². The fourth-order valence-electron chi connectivity index (χ4n) is 1.69. The molecule has 0 fully saturated rings. The van der Waals surface area contributed by atoms with E-state index >= 15 is 0 Å². The van der Waals surface area contributed by atoms with Crippen LogP contribution in [0.25, 0.3) is 0 Å². The van der Waals surface area contributed by atoms with Crippen LogP contribution >= 0.6 is 0 Å². The molecule has 0 bridgehead atoms. The van der Waals surface area contributed by atoms with Crippen LogP contribution in [0.15, 0.2) is 18.2 Å². The Morgan fingerprint density at radius 3 is 2.68 bits per heavy atom. The number of halogens is 1. The van der Waals surface area contributed by atoms with E-state index in [0.29, 0.717) is 18.4 Å². The number of hydrogen-bond donors (Lipinski definition) is 1. The summed E-state index contributed by atoms with van der Waals surface area (Å²) in [6, 6.07) is 4.12. The van der Waals surface area contributed by atoms with E-state index in [4.69, 9.17) is 4.74 Å². The number of ether oxygens (including phenoxy) is 1. The van der Waals surface area contributed by atoms with E-state index in [2.05, 4.69) is 0 Å². The smallest absolute Gasteiger partial charge is 0.165 e. The van der Waals surface area contributed by atoms with Crippen LogP contribution in [0.2, 0.25) is 0 Å². The van der Waals surface area contributed by atoms with Crippen LogP contribution in [0.4, 0.5) is 4.39 Å². The zero-order chi connectivity index (χ0) is 14.5. The molecule has 1 rings (SSSR count). The molecule has 1 aromatic rings. The number of rotatable bonds is 7. The molecular formula is C13H19FO4S. The summed E-state index contributed by atoms with van der Waals surface area (Å²) in [6.07, 6.45) is -0.132. The summed E-state index contributed by atoms with van der Waals surface area (Å²) in [4.78, 5) is 0. The van der Waals surface area contributed by atoms with Crippen molar-refractivity contribution in [3.63, 3.8) is 0 Å². The number of sulfone groups is 1. The minimum Gasteiger partial charge on any atom is -0.494 e. The first-order chi connectivity index (χ1) is 8.89. The van der Waals surface area contributed by atoms with Crippen molar-refractivity contribution >= 4 is 9.84 Å². The molecule has 0 saturated heterocycles. The maximum absolute atomic E-state index is 13.2. The van der Waals surface area contributed by atoms with Crippen LogP contribution in [-0.2, 0) is 9.84 Å². The molecule has 0 amide bonds. The fraction of sp³-hybridized carbons (Fsp3) is 0.538. The lowest BCUT2D eigenvalue weighted by Gasteiger charge is -2.12. The van der Waals surface area contributed by atoms with Crippen molar-refractivity contribution in [1.29, 1.82) is 0 Å². The van der Waals surface area contributed by atoms with Crippen molar-refractivity contribution < 1.29 is 22.7 Å². The third kappa shape index (κ3) is 4.80. The van der Waals surface area contributed by atoms with Gasteiger partial charge >= 0.3 is 0 Å². The summed E-state index contributed by atoms with van der Waals surface area (Å²) in [6.45, 7) is 1.59. The van der Waals surface area contributed by atoms with Crippen molar-refractivity contribution in [3.8, 4) is 5.75 Å². The molecule has 0 spiro atoms. The van der Waals surface area contributed by atoms with Crippen molar-refractivity contribution in [3.05, 3.63) is 29.6 Å². The van der Waals surface area contributed by atoms with Gasteiger partial charge in [0.05, 0.1) is 19.0 Å². The van der Waals surface area contributed by atoms with Crippen LogP contribution in [-0.4, -0.2) is 32.1 Å². The predicted octanol–water partition coefficient (Wildman–Crippen LogP) is 2.08. The maximum Gasteiger partial charge on any atom is 0.165 e. The first kappa shape index (κ1) is 15.9. The molecule has 1 N–H and O–H groups in total. The topological polar surface area (TPSA) is 63.6 Å². The third-order valence-corrected chi connectivity index (χ3v) is 4.72. The molecule has 0 aliphatic carbocycles. The second-order valence-electron chi connectivity index (χ2n) is 4.29. The number of benzene rings is 1. The van der Waals surface area contributed by atoms with Crippen LogP contribution in [0.5, 0.6) is 5.75 Å². The summed E-state index contributed by atoms with van der Waals surface area (Å²) >= 11 is 0. The standard InChI is InChI=1S/C13H19FO4S/c1-3-19(16,17)8-4-5-12(15)10-6-7-11(14)13(9-10)18-2/h6-7,9,12,15H,3-5,8H2,1-2H3. The lowest BCUT2D eigenvalue weighted by molar-refractivity contribution is 0.166. The summed E-state index contributed by atoms with van der Waals surface area (Å²) < 4.78 is 40.7. The minimum atomic E-state index is -3.01. The van der Waals surface area contributed by atoms with E-state index in [1.165, 1.54) is 25.3 Å². The van der Waals surface area contributed by atoms with Gasteiger partial charge in [-0.05, 0) is 30.5 Å². The zero-order valence-electron chi connectivity index (χ0n) is 11.1. The van der Waals surface area contributed by atoms with Gasteiger partial charge in [-0.15, -0.1) is 0 Å². The SMILES string of the molecule is CCS(=O)(=O)CCCC(O)c1ccc(F)c(OC)c1. The van der Waals surface area contributed by atoms with E-state index in [9.17, 15) is 17.9 Å². The van der Waals surface area contributed by atoms with Gasteiger partial charge in [0, 0.05) is 5.75 Å². The zero-order valence-corrected chi connectivity index (χ0v) is 11.9. The molecule has 0 aliphatic heterocycles. The molecule has 0 radical (unpaired) electrons. The monoisotopic (exact) mass is 290 g/mol. The Balaban J connectivity index is 2.61. The molecule has 1 atom stereocenters. The molecule has 4 nitrogen and oxygen atoms in total. The number of aliphatic hydroxyl groups excluding tert-OH is 1. The van der Waals surface area contributed by atoms with Gasteiger partial charge < -0.3 is 9.84 Å². The minimum absolute atomic E-state index is 0.0545. The Bertz CT molecular complexity index is 513. The van der Waals surface area contributed by atoms with Crippen LogP contribution in [0, 0.1) is 5.82 Å². The molecule has 6 heteroatoms. The largest absolute Gasteiger partial charge is 0.494 e. The Kier molecular flexibility index (Phi) is 5.75. The highest BCUT2D eigenvalue weighted by atomic mass is 32.2. The molecule has 108 valence electrons. The third-order valence-electron chi connectivity index (χ3n) is 2.93. The average Bonchev–Trinajstić information content (AvgIpc) is 2.39. The summed E-state index contributed by atoms with van der Waals surface area (Å²) in [5, 5.41) is 9.93. The molecule has 0 saturated carbocycles. The molecule has 19 heavy (non-hydrogen) atoms. The predicted molar refractivity (Wildman–Crippen MR) is 71.5 cm³/mol. The van der Waals surface area contributed by atoms with Crippen LogP contribution < -0.4 is 4.74 Å². The van der Waals surface area contributed by atoms with Crippen LogP contribution in [0.1, 0.15) is 31.4 Å². The van der Waals surface area contributed by atoms with Crippen molar-refractivity contribution in [2.24, 2.45) is 0 Å². The van der Waals surface area contributed by atoms with Gasteiger partial charge in [0.25, 0.3) is 0 Å². The van der Waals surface area contributed by atoms with Crippen molar-refractivity contribution in [2.45, 2.75) is 25.9 Å². The highest BCUT2D eigenvalue weighted by molar-refractivity contribution is 7.91. The summed E-state index contributed by atoms with van der Waals surface area (Å²) in [5.74, 6) is -0.267. The van der Waals surface area contributed by atoms with Crippen molar-refractivity contribution in [2.75, 3.05) is 18.6 Å². The van der Waals surface area contributed by atoms with Gasteiger partial charge in [0.1, 0.15) is 9.84 Å². The van der Waals surface area contributed by atoms with E-state index in [1.807, 2.05) is 0 Å². The first-order valence-corrected chi connectivity index (χ1v) is 7.93. The molecule has 1 unspecified atom stereocenters. The molecule has 0 aliphatic rings. The van der Waals surface area contributed by atoms with Gasteiger partial charge in [0.15, 0.2) is 11.6 Å². The summed E-state index contributed by atoms with van der Waals surface area (Å²) in [5.41, 5.74) is 0.521. The maximum atomic E-state index is 13.2. The lowest BCUT2D eigenvalue weighted by Crippen LogP contribution is -2.10. The average molecular weight is 290 g/mol. The van der Waals surface area contributed by atoms with Gasteiger partial charge in [-0.3, -0.25) is 0 Å². The number of hydrogen-bond acceptors (Lipinski definition) is 4. The lowest BCUT2D eigenvalue weighted by atomic mass is 10.1. The van der Waals surface area contributed by atoms with E-state index < -0.39 is 21.8 Å². The Labute approximate surface area is 113 Å². The molecule has 0 heterocycles. The van der Waals surface area contributed by atoms with Gasteiger partial charge in [0.2, 0.25) is 0 Å². The van der Waals surface area contributed by atoms with Crippen molar-refractivity contribution in [1.82, 2.24) is 0 Å². The molecular weight excluding hydrogens is 271 g/mol. The van der Waals surface area contributed by atoms with Gasteiger partial charge in [-0.25, -0.2) is 12.8 Å². The van der Waals surface area contributed by atoms with Gasteiger partial charge in [-0.2, -0.15) is 0 Å². The second kappa shape index (κ2) is 6.86. The Morgan fingerprint density at radius 1 is 1.42 bits per heavy atom. The number of methoxy groups -OCH3 is 1. The quantitative estimate of drug-likeness (QED) is 0.835. The summed E-state index contributed by atoms with van der Waals surface area (Å²) in [7, 11) is -1.66. The second-order valence-corrected chi connectivity index (χ2v) is 6.76. The van der Waals surface area contributed by atoms with E-state index in [0.717, 1.165) is 0 Å². The Morgan fingerprint density at radius 2 is 2.11 bits per heavy atom. The first-order valence-electron chi connectivity index (χ1n) is 6.11. The highest BCUT2D eigenvalue weighted by Gasteiger charge is 2.13. The molecule has 1 aromatic carbocycles. The van der Waals surface area contributed by atoms with Gasteiger partial charge in [-0.1, -0.05) is 13.0 Å². The van der Waals surface area contributed by atoms with Crippen LogP contribution in [0.3, 0.4) is 0 Å². The van der Waals surface area contributed by atoms with E-state index in [1.54, 1.807) is 6.92 Å². The number of aliphatic hydroxyl groups is 1. The fourth-order valence-corrected chi connectivity index (χ4v) is 2.59.